The second kappa shape index (κ2) is 15.9. The smallest absolute Gasteiger partial charge is 0.305 e. The Labute approximate surface area is 274 Å². The maximum Gasteiger partial charge on any atom is 0.305 e. The number of nitrogens with two attached hydrogens (primary N) is 2. The van der Waals surface area contributed by atoms with Gasteiger partial charge in [0.2, 0.25) is 23.6 Å². The lowest BCUT2D eigenvalue weighted by Crippen LogP contribution is -2.58. The number of primary amides is 1. The predicted molar refractivity (Wildman–Crippen MR) is 172 cm³/mol. The van der Waals surface area contributed by atoms with Gasteiger partial charge in [0, 0.05) is 39.8 Å². The van der Waals surface area contributed by atoms with Crippen LogP contribution in [0, 0.1) is 0 Å². The number of hydrogen-bond donors (Lipinski definition) is 7. The zero-order valence-electron chi connectivity index (χ0n) is 24.6. The van der Waals surface area contributed by atoms with Gasteiger partial charge in [0.25, 0.3) is 0 Å². The van der Waals surface area contributed by atoms with Gasteiger partial charge in [-0.25, -0.2) is 8.42 Å². The lowest BCUT2D eigenvalue weighted by molar-refractivity contribution is -0.141. The molecule has 1 aromatic heterocycles. The van der Waals surface area contributed by atoms with Gasteiger partial charge in [-0.2, -0.15) is 0 Å². The molecule has 0 radical (unpaired) electrons. The minimum atomic E-state index is -3.61. The molecule has 0 bridgehead atoms. The molecule has 46 heavy (non-hydrogen) atoms. The number of carboxylic acids is 1. The molecule has 2 aromatic carbocycles. The fourth-order valence-electron chi connectivity index (χ4n) is 4.63. The molecule has 1 heterocycles. The van der Waals surface area contributed by atoms with E-state index in [-0.39, 0.29) is 22.9 Å². The molecule has 17 heteroatoms. The Morgan fingerprint density at radius 2 is 1.48 bits per heavy atom. The molecule has 14 nitrogen and oxygen atoms in total. The Morgan fingerprint density at radius 1 is 0.891 bits per heavy atom. The molecule has 248 valence electrons. The zero-order chi connectivity index (χ0) is 34.2. The van der Waals surface area contributed by atoms with E-state index in [0.29, 0.717) is 5.56 Å². The number of fused-ring (bicyclic) bond motifs is 1. The summed E-state index contributed by atoms with van der Waals surface area (Å²) in [6, 6.07) is 6.02. The zero-order valence-corrected chi connectivity index (χ0v) is 26.9. The van der Waals surface area contributed by atoms with E-state index in [4.69, 9.17) is 34.7 Å². The SMILES string of the molecule is CS(=O)(=O)CC[C@H](NC(=O)[C@H](N)Cc1c[nH]c2ccccc12)C(=O)N[C@@H](CC(=O)O)C(=O)N[C@@H](Cc1cc(Cl)cc(Cl)c1)C(N)=O. The van der Waals surface area contributed by atoms with Crippen LogP contribution in [0.2, 0.25) is 10.0 Å². The molecule has 0 aliphatic heterocycles. The maximum absolute atomic E-state index is 13.3. The number of aliphatic carboxylic acids is 1. The number of nitrogens with one attached hydrogen (secondary N) is 4. The molecule has 0 aliphatic rings. The summed E-state index contributed by atoms with van der Waals surface area (Å²) < 4.78 is 23.8. The number of carbonyl (C=O) groups excluding carboxylic acids is 4. The van der Waals surface area contributed by atoms with Gasteiger partial charge in [-0.15, -0.1) is 0 Å². The van der Waals surface area contributed by atoms with Crippen molar-refractivity contribution in [1.82, 2.24) is 20.9 Å². The molecule has 9 N–H and O–H groups in total. The minimum Gasteiger partial charge on any atom is -0.481 e. The van der Waals surface area contributed by atoms with E-state index in [1.165, 1.54) is 18.2 Å². The second-order valence-corrected chi connectivity index (χ2v) is 13.9. The van der Waals surface area contributed by atoms with E-state index >= 15 is 0 Å². The Bertz CT molecular complexity index is 1710. The highest BCUT2D eigenvalue weighted by Crippen LogP contribution is 2.21. The van der Waals surface area contributed by atoms with Crippen molar-refractivity contribution in [2.75, 3.05) is 12.0 Å². The number of halogens is 2. The topological polar surface area (TPSA) is 244 Å². The van der Waals surface area contributed by atoms with Crippen molar-refractivity contribution in [2.45, 2.75) is 49.9 Å². The second-order valence-electron chi connectivity index (χ2n) is 10.8. The van der Waals surface area contributed by atoms with Gasteiger partial charge < -0.3 is 37.5 Å². The first-order chi connectivity index (χ1) is 21.5. The molecule has 0 fully saturated rings. The molecule has 0 unspecified atom stereocenters. The van der Waals surface area contributed by atoms with Gasteiger partial charge in [-0.1, -0.05) is 41.4 Å². The van der Waals surface area contributed by atoms with Crippen molar-refractivity contribution < 1.29 is 37.5 Å². The van der Waals surface area contributed by atoms with Gasteiger partial charge in [0.05, 0.1) is 18.2 Å². The molecule has 0 saturated carbocycles. The number of para-hydroxylation sites is 1. The van der Waals surface area contributed by atoms with E-state index in [2.05, 4.69) is 20.9 Å². The van der Waals surface area contributed by atoms with Crippen molar-refractivity contribution in [2.24, 2.45) is 11.5 Å². The van der Waals surface area contributed by atoms with Crippen LogP contribution in [0.4, 0.5) is 0 Å². The predicted octanol–water partition coefficient (Wildman–Crippen LogP) is 0.436. The number of carbonyl (C=O) groups is 5. The first kappa shape index (κ1) is 36.3. The van der Waals surface area contributed by atoms with E-state index in [0.717, 1.165) is 22.7 Å². The Kier molecular flexibility index (Phi) is 12.5. The van der Waals surface area contributed by atoms with Crippen molar-refractivity contribution in [3.8, 4) is 0 Å². The van der Waals surface area contributed by atoms with E-state index in [9.17, 15) is 37.5 Å². The Balaban J connectivity index is 1.76. The third-order valence-corrected chi connectivity index (χ3v) is 8.31. The van der Waals surface area contributed by atoms with Crippen LogP contribution in [0.25, 0.3) is 10.9 Å². The maximum atomic E-state index is 13.3. The highest BCUT2D eigenvalue weighted by Gasteiger charge is 2.32. The molecule has 0 saturated heterocycles. The average Bonchev–Trinajstić information content (AvgIpc) is 3.35. The molecular formula is C29H34Cl2N6O8S. The van der Waals surface area contributed by atoms with E-state index < -0.39 is 82.2 Å². The molecule has 4 amide bonds. The van der Waals surface area contributed by atoms with Crippen molar-refractivity contribution >= 4 is 73.5 Å². The summed E-state index contributed by atoms with van der Waals surface area (Å²) in [5.74, 6) is -5.87. The van der Waals surface area contributed by atoms with Crippen molar-refractivity contribution in [3.05, 3.63) is 69.8 Å². The van der Waals surface area contributed by atoms with Gasteiger partial charge in [0.15, 0.2) is 0 Å². The van der Waals surface area contributed by atoms with Gasteiger partial charge in [-0.3, -0.25) is 24.0 Å². The summed E-state index contributed by atoms with van der Waals surface area (Å²) in [7, 11) is -3.61. The normalized spacial score (nSPS) is 14.1. The first-order valence-electron chi connectivity index (χ1n) is 13.9. The van der Waals surface area contributed by atoms with Crippen LogP contribution in [-0.2, 0) is 46.7 Å². The minimum absolute atomic E-state index is 0.0760. The summed E-state index contributed by atoms with van der Waals surface area (Å²) in [4.78, 5) is 66.4. The van der Waals surface area contributed by atoms with Gasteiger partial charge >= 0.3 is 5.97 Å². The standard InChI is InChI=1S/C29H34Cl2N6O8S/c1-46(44,45)7-6-22(35-27(41)20(32)11-16-14-34-21-5-3-2-4-19(16)21)28(42)37-24(13-25(38)39)29(43)36-23(26(33)40)10-15-8-17(30)12-18(31)9-15/h2-5,8-9,12,14,20,22-24,34H,6-7,10-11,13,32H2,1H3,(H2,33,40)(H,35,41)(H,36,43)(H,37,42)(H,38,39)/t20-,22+,23+,24+/m1/s1. The van der Waals surface area contributed by atoms with E-state index in [1.54, 1.807) is 6.20 Å². The highest BCUT2D eigenvalue weighted by atomic mass is 35.5. The Morgan fingerprint density at radius 3 is 2.09 bits per heavy atom. The molecule has 0 aliphatic carbocycles. The number of amides is 4. The third kappa shape index (κ3) is 11.0. The van der Waals surface area contributed by atoms with Crippen LogP contribution >= 0.6 is 23.2 Å². The van der Waals surface area contributed by atoms with E-state index in [1.807, 2.05) is 24.3 Å². The van der Waals surface area contributed by atoms with Crippen LogP contribution in [0.15, 0.2) is 48.7 Å². The number of rotatable bonds is 16. The number of hydrogen-bond acceptors (Lipinski definition) is 8. The summed E-state index contributed by atoms with van der Waals surface area (Å²) in [5, 5.41) is 17.8. The average molecular weight is 698 g/mol. The molecule has 3 aromatic rings. The Hall–Kier alpha value is -4.18. The summed E-state index contributed by atoms with van der Waals surface area (Å²) in [6.07, 6.45) is 1.23. The summed E-state index contributed by atoms with van der Waals surface area (Å²) in [5.41, 5.74) is 13.6. The van der Waals surface area contributed by atoms with Gasteiger partial charge in [-0.05, 0) is 48.2 Å². The van der Waals surface area contributed by atoms with Crippen LogP contribution in [0.1, 0.15) is 24.0 Å². The summed E-state index contributed by atoms with van der Waals surface area (Å²) in [6.45, 7) is 0. The van der Waals surface area contributed by atoms with Gasteiger partial charge in [0.1, 0.15) is 28.0 Å². The molecule has 3 rings (SSSR count). The highest BCUT2D eigenvalue weighted by molar-refractivity contribution is 7.90. The number of sulfone groups is 1. The van der Waals surface area contributed by atoms with Crippen LogP contribution in [0.3, 0.4) is 0 Å². The number of H-pyrrole nitrogens is 1. The number of benzene rings is 2. The first-order valence-corrected chi connectivity index (χ1v) is 16.7. The van der Waals surface area contributed by atoms with Crippen LogP contribution in [-0.4, -0.2) is 84.3 Å². The third-order valence-electron chi connectivity index (χ3n) is 6.90. The lowest BCUT2D eigenvalue weighted by atomic mass is 10.0. The van der Waals surface area contributed by atoms with Crippen molar-refractivity contribution in [3.63, 3.8) is 0 Å². The number of aromatic nitrogens is 1. The largest absolute Gasteiger partial charge is 0.481 e. The fraction of sp³-hybridized carbons (Fsp3) is 0.345. The number of aromatic amines is 1. The van der Waals surface area contributed by atoms with Crippen LogP contribution in [0.5, 0.6) is 0 Å². The monoisotopic (exact) mass is 696 g/mol. The lowest BCUT2D eigenvalue weighted by Gasteiger charge is -2.25. The molecule has 0 spiro atoms. The van der Waals surface area contributed by atoms with Crippen molar-refractivity contribution in [1.29, 1.82) is 0 Å². The van der Waals surface area contributed by atoms with Crippen LogP contribution < -0.4 is 27.4 Å². The summed E-state index contributed by atoms with van der Waals surface area (Å²) >= 11 is 12.0. The molecule has 4 atom stereocenters. The molecular weight excluding hydrogens is 663 g/mol. The fourth-order valence-corrected chi connectivity index (χ4v) is 5.86. The number of carboxylic acid groups (broad SMARTS) is 1. The quantitative estimate of drug-likeness (QED) is 0.110.